The summed E-state index contributed by atoms with van der Waals surface area (Å²) >= 11 is 5.98. The van der Waals surface area contributed by atoms with E-state index in [1.54, 1.807) is 9.80 Å². The van der Waals surface area contributed by atoms with Crippen molar-refractivity contribution < 1.29 is 18.3 Å². The highest BCUT2D eigenvalue weighted by Crippen LogP contribution is 2.36. The molecule has 0 unspecified atom stereocenters. The largest absolute Gasteiger partial charge is 0.453 e. The lowest BCUT2D eigenvalue weighted by Crippen LogP contribution is -2.48. The zero-order valence-corrected chi connectivity index (χ0v) is 19.0. The molecule has 1 aromatic heterocycles. The molecule has 2 aliphatic heterocycles. The average Bonchev–Trinajstić information content (AvgIpc) is 2.76. The summed E-state index contributed by atoms with van der Waals surface area (Å²) in [6.07, 6.45) is 0.859. The molecule has 3 heterocycles. The number of amidine groups is 1. The maximum atomic E-state index is 13.5. The number of ether oxygens (including phenoxy) is 1. The van der Waals surface area contributed by atoms with Gasteiger partial charge in [0.05, 0.1) is 30.6 Å². The molecule has 0 aromatic carbocycles. The quantitative estimate of drug-likeness (QED) is 0.386. The van der Waals surface area contributed by atoms with Crippen LogP contribution in [0.25, 0.3) is 0 Å². The van der Waals surface area contributed by atoms with Gasteiger partial charge < -0.3 is 19.9 Å². The Balaban J connectivity index is 1.67. The third kappa shape index (κ3) is 4.40. The molecule has 0 spiro atoms. The number of carbonyl (C=O) groups is 1. The Morgan fingerprint density at radius 1 is 1.34 bits per heavy atom. The van der Waals surface area contributed by atoms with Crippen LogP contribution < -0.4 is 10.2 Å². The minimum atomic E-state index is -2.75. The highest BCUT2D eigenvalue weighted by molar-refractivity contribution is 6.30. The molecule has 10 heteroatoms. The zero-order valence-electron chi connectivity index (χ0n) is 18.3. The number of alkyl halides is 2. The molecular weight excluding hydrogens is 440 g/mol. The lowest BCUT2D eigenvalue weighted by Gasteiger charge is -2.40. The molecule has 2 N–H and O–H groups in total. The lowest BCUT2D eigenvalue weighted by atomic mass is 9.81. The third-order valence-corrected chi connectivity index (χ3v) is 6.77. The molecule has 32 heavy (non-hydrogen) atoms. The molecule has 1 saturated carbocycles. The second-order valence-electron chi connectivity index (χ2n) is 8.76. The monoisotopic (exact) mass is 467 g/mol. The Hall–Kier alpha value is -2.42. The maximum Gasteiger partial charge on any atom is 0.409 e. The molecule has 1 aliphatic carbocycles. The van der Waals surface area contributed by atoms with Crippen molar-refractivity contribution in [2.75, 3.05) is 31.6 Å². The van der Waals surface area contributed by atoms with E-state index in [1.165, 1.54) is 13.2 Å². The van der Waals surface area contributed by atoms with Gasteiger partial charge in [-0.3, -0.25) is 5.41 Å². The van der Waals surface area contributed by atoms with Crippen molar-refractivity contribution in [3.63, 3.8) is 0 Å². The first kappa shape index (κ1) is 22.8. The van der Waals surface area contributed by atoms with Crippen molar-refractivity contribution in [1.29, 1.82) is 5.41 Å². The first-order valence-electron chi connectivity index (χ1n) is 10.9. The van der Waals surface area contributed by atoms with Gasteiger partial charge in [0.2, 0.25) is 0 Å². The molecule has 174 valence electrons. The van der Waals surface area contributed by atoms with Gasteiger partial charge in [0.15, 0.2) is 0 Å². The fourth-order valence-electron chi connectivity index (χ4n) is 4.71. The highest BCUT2D eigenvalue weighted by Gasteiger charge is 2.33. The lowest BCUT2D eigenvalue weighted by molar-refractivity contribution is 0.125. The number of hydrogen-bond donors (Lipinski definition) is 2. The second kappa shape index (κ2) is 9.21. The number of halogens is 3. The summed E-state index contributed by atoms with van der Waals surface area (Å²) in [4.78, 5) is 19.7. The second-order valence-corrected chi connectivity index (χ2v) is 9.11. The fourth-order valence-corrected chi connectivity index (χ4v) is 4.95. The smallest absolute Gasteiger partial charge is 0.409 e. The number of anilines is 1. The maximum absolute atomic E-state index is 13.5. The van der Waals surface area contributed by atoms with Gasteiger partial charge >= 0.3 is 6.09 Å². The summed E-state index contributed by atoms with van der Waals surface area (Å²) in [7, 11) is 1.34. The van der Waals surface area contributed by atoms with Gasteiger partial charge in [-0.25, -0.2) is 18.6 Å². The SMILES string of the molecule is COC(=O)N1CCC(NC2CC(C)C2)=C(C(=N)N2CCCc3nc(Cl)c(C(F)F)cc32)C1. The average molecular weight is 468 g/mol. The van der Waals surface area contributed by atoms with Crippen LogP contribution in [0.15, 0.2) is 17.3 Å². The Kier molecular flexibility index (Phi) is 6.55. The molecule has 4 rings (SSSR count). The first-order chi connectivity index (χ1) is 15.3. The normalized spacial score (nSPS) is 23.1. The molecule has 1 fully saturated rings. The van der Waals surface area contributed by atoms with Crippen molar-refractivity contribution in [3.05, 3.63) is 33.7 Å². The van der Waals surface area contributed by atoms with Gasteiger partial charge in [-0.05, 0) is 37.7 Å². The number of carbonyl (C=O) groups excluding carboxylic acids is 1. The number of pyridine rings is 1. The number of nitrogens with zero attached hydrogens (tertiary/aromatic N) is 3. The Morgan fingerprint density at radius 3 is 2.75 bits per heavy atom. The molecule has 7 nitrogen and oxygen atoms in total. The number of nitrogens with one attached hydrogen (secondary N) is 2. The van der Waals surface area contributed by atoms with E-state index in [4.69, 9.17) is 21.7 Å². The number of aromatic nitrogens is 1. The van der Waals surface area contributed by atoms with E-state index in [0.29, 0.717) is 54.8 Å². The topological polar surface area (TPSA) is 81.5 Å². The molecular formula is C22H28ClF2N5O2. The molecule has 1 aromatic rings. The summed E-state index contributed by atoms with van der Waals surface area (Å²) in [6.45, 7) is 3.44. The molecule has 0 bridgehead atoms. The van der Waals surface area contributed by atoms with Gasteiger partial charge in [0, 0.05) is 36.8 Å². The minimum Gasteiger partial charge on any atom is -0.453 e. The number of hydrogen-bond acceptors (Lipinski definition) is 5. The van der Waals surface area contributed by atoms with Crippen LogP contribution in [0.3, 0.4) is 0 Å². The number of amides is 1. The predicted octanol–water partition coefficient (Wildman–Crippen LogP) is 4.52. The third-order valence-electron chi connectivity index (χ3n) is 6.47. The van der Waals surface area contributed by atoms with E-state index in [9.17, 15) is 13.6 Å². The van der Waals surface area contributed by atoms with Crippen molar-refractivity contribution in [3.8, 4) is 0 Å². The number of methoxy groups -OCH3 is 1. The van der Waals surface area contributed by atoms with E-state index in [1.807, 2.05) is 0 Å². The van der Waals surface area contributed by atoms with Crippen LogP contribution in [0.2, 0.25) is 5.15 Å². The van der Waals surface area contributed by atoms with Crippen LogP contribution in [-0.2, 0) is 11.2 Å². The molecule has 1 amide bonds. The van der Waals surface area contributed by atoms with Crippen LogP contribution in [0.1, 0.15) is 50.3 Å². The Labute approximate surface area is 191 Å². The summed E-state index contributed by atoms with van der Waals surface area (Å²) in [5.41, 5.74) is 2.39. The van der Waals surface area contributed by atoms with Gasteiger partial charge in [-0.2, -0.15) is 0 Å². The fraction of sp³-hybridized carbons (Fsp3) is 0.591. The van der Waals surface area contributed by atoms with E-state index in [2.05, 4.69) is 17.2 Å². The summed E-state index contributed by atoms with van der Waals surface area (Å²) in [5, 5.41) is 12.4. The van der Waals surface area contributed by atoms with Crippen molar-refractivity contribution in [2.45, 2.75) is 51.5 Å². The van der Waals surface area contributed by atoms with Crippen molar-refractivity contribution in [2.24, 2.45) is 5.92 Å². The van der Waals surface area contributed by atoms with E-state index in [-0.39, 0.29) is 23.1 Å². The number of aryl methyl sites for hydroxylation is 1. The van der Waals surface area contributed by atoms with E-state index in [0.717, 1.165) is 25.0 Å². The van der Waals surface area contributed by atoms with Crippen molar-refractivity contribution >= 4 is 29.2 Å². The highest BCUT2D eigenvalue weighted by atomic mass is 35.5. The van der Waals surface area contributed by atoms with Crippen molar-refractivity contribution in [1.82, 2.24) is 15.2 Å². The summed E-state index contributed by atoms with van der Waals surface area (Å²) < 4.78 is 31.8. The van der Waals surface area contributed by atoms with Crippen LogP contribution in [0.5, 0.6) is 0 Å². The summed E-state index contributed by atoms with van der Waals surface area (Å²) in [6, 6.07) is 1.71. The predicted molar refractivity (Wildman–Crippen MR) is 119 cm³/mol. The van der Waals surface area contributed by atoms with Gasteiger partial charge in [-0.15, -0.1) is 0 Å². The van der Waals surface area contributed by atoms with Crippen LogP contribution >= 0.6 is 11.6 Å². The Bertz CT molecular complexity index is 948. The van der Waals surface area contributed by atoms with Gasteiger partial charge in [0.25, 0.3) is 6.43 Å². The van der Waals surface area contributed by atoms with Gasteiger partial charge in [0.1, 0.15) is 11.0 Å². The van der Waals surface area contributed by atoms with Gasteiger partial charge in [-0.1, -0.05) is 18.5 Å². The molecule has 0 radical (unpaired) electrons. The summed E-state index contributed by atoms with van der Waals surface area (Å²) in [5.74, 6) is 0.863. The number of fused-ring (bicyclic) bond motifs is 1. The minimum absolute atomic E-state index is 0.192. The Morgan fingerprint density at radius 2 is 2.09 bits per heavy atom. The number of rotatable bonds is 4. The molecule has 0 saturated heterocycles. The van der Waals surface area contributed by atoms with Crippen LogP contribution in [-0.4, -0.2) is 54.6 Å². The van der Waals surface area contributed by atoms with E-state index < -0.39 is 12.5 Å². The molecule has 0 atom stereocenters. The standard InChI is InChI=1S/C22H28ClF2N5O2/c1-12-8-13(9-12)27-16-5-7-29(22(31)32-2)11-15(16)21(26)30-6-3-4-17-18(30)10-14(20(24)25)19(23)28-17/h10,12-13,20,26-27H,3-9,11H2,1-2H3. The van der Waals surface area contributed by atoms with Crippen LogP contribution in [0, 0.1) is 11.3 Å². The molecule has 3 aliphatic rings. The van der Waals surface area contributed by atoms with Crippen LogP contribution in [0.4, 0.5) is 19.3 Å². The first-order valence-corrected chi connectivity index (χ1v) is 11.3. The van der Waals surface area contributed by atoms with E-state index >= 15 is 0 Å². The zero-order chi connectivity index (χ0) is 23.0.